The van der Waals surface area contributed by atoms with E-state index in [2.05, 4.69) is 105 Å². The van der Waals surface area contributed by atoms with Crippen LogP contribution in [0.1, 0.15) is 96.8 Å². The molecule has 0 aliphatic rings. The molecule has 0 aromatic heterocycles. The summed E-state index contributed by atoms with van der Waals surface area (Å²) in [6, 6.07) is 14.1. The number of hydrogen-bond acceptors (Lipinski definition) is 0. The predicted molar refractivity (Wildman–Crippen MR) is 126 cm³/mol. The second kappa shape index (κ2) is 8.48. The molecule has 0 spiro atoms. The Labute approximate surface area is 169 Å². The number of rotatable bonds is 5. The monoisotopic (exact) mass is 382 g/mol. The lowest BCUT2D eigenvalue weighted by atomic mass is 9.82. The zero-order chi connectivity index (χ0) is 20.5. The molecule has 2 aromatic rings. The van der Waals surface area contributed by atoms with Gasteiger partial charge in [0.1, 0.15) is 0 Å². The molecule has 2 rings (SSSR count). The van der Waals surface area contributed by atoms with Gasteiger partial charge in [0.05, 0.1) is 0 Å². The van der Waals surface area contributed by atoms with Crippen molar-refractivity contribution < 1.29 is 0 Å². The zero-order valence-corrected chi connectivity index (χ0v) is 20.0. The summed E-state index contributed by atoms with van der Waals surface area (Å²) in [6.45, 7) is 23.6. The first-order valence-electron chi connectivity index (χ1n) is 10.5. The summed E-state index contributed by atoms with van der Waals surface area (Å²) in [5.74, 6) is 1.59. The Morgan fingerprint density at radius 3 is 1.63 bits per heavy atom. The van der Waals surface area contributed by atoms with Gasteiger partial charge in [-0.15, -0.1) is 0 Å². The molecule has 0 fully saturated rings. The minimum Gasteiger partial charge on any atom is -0.0723 e. The van der Waals surface area contributed by atoms with Crippen molar-refractivity contribution >= 4 is 13.2 Å². The molecule has 0 N–H and O–H groups in total. The highest BCUT2D eigenvalue weighted by Gasteiger charge is 2.26. The Bertz CT molecular complexity index is 746. The minimum atomic E-state index is -0.245. The Morgan fingerprint density at radius 1 is 0.741 bits per heavy atom. The van der Waals surface area contributed by atoms with Gasteiger partial charge in [-0.25, -0.2) is 0 Å². The molecule has 0 saturated carbocycles. The Kier molecular flexibility index (Phi) is 6.96. The first-order valence-corrected chi connectivity index (χ1v) is 12.2. The molecule has 0 aliphatic carbocycles. The van der Waals surface area contributed by atoms with Crippen molar-refractivity contribution in [3.8, 4) is 11.1 Å². The molecule has 0 heterocycles. The first kappa shape index (κ1) is 22.2. The molecule has 0 aliphatic heterocycles. The van der Waals surface area contributed by atoms with Crippen LogP contribution in [-0.4, -0.2) is 11.8 Å². The number of benzene rings is 2. The van der Waals surface area contributed by atoms with Gasteiger partial charge >= 0.3 is 0 Å². The molecule has 27 heavy (non-hydrogen) atoms. The summed E-state index contributed by atoms with van der Waals surface area (Å²) in [5, 5.41) is 1.85. The second-order valence-electron chi connectivity index (χ2n) is 9.79. The van der Waals surface area contributed by atoms with Crippen LogP contribution in [0.15, 0.2) is 36.4 Å². The van der Waals surface area contributed by atoms with E-state index in [1.54, 1.807) is 5.30 Å². The van der Waals surface area contributed by atoms with E-state index in [0.717, 1.165) is 0 Å². The molecule has 1 heteroatoms. The fourth-order valence-corrected chi connectivity index (χ4v) is 5.19. The third-order valence-corrected chi connectivity index (χ3v) is 8.80. The lowest BCUT2D eigenvalue weighted by Crippen LogP contribution is -2.20. The van der Waals surface area contributed by atoms with E-state index in [1.165, 1.54) is 27.8 Å². The van der Waals surface area contributed by atoms with Crippen LogP contribution in [0.25, 0.3) is 11.1 Å². The van der Waals surface area contributed by atoms with E-state index in [-0.39, 0.29) is 7.92 Å². The zero-order valence-electron chi connectivity index (χ0n) is 19.1. The van der Waals surface area contributed by atoms with E-state index in [4.69, 9.17) is 0 Å². The highest BCUT2D eigenvalue weighted by atomic mass is 31.1. The molecular formula is C26H39P. The third kappa shape index (κ3) is 4.83. The molecule has 0 bridgehead atoms. The molecule has 1 atom stereocenters. The van der Waals surface area contributed by atoms with Crippen molar-refractivity contribution in [1.82, 2.24) is 0 Å². The Hall–Kier alpha value is -1.13. The summed E-state index contributed by atoms with van der Waals surface area (Å²) in [7, 11) is -0.245. The second-order valence-corrected chi connectivity index (χ2v) is 12.7. The van der Waals surface area contributed by atoms with Crippen molar-refractivity contribution in [3.63, 3.8) is 0 Å². The Morgan fingerprint density at radius 2 is 1.22 bits per heavy atom. The van der Waals surface area contributed by atoms with Gasteiger partial charge in [-0.05, 0) is 62.7 Å². The molecule has 0 radical (unpaired) electrons. The minimum absolute atomic E-state index is 0.245. The summed E-state index contributed by atoms with van der Waals surface area (Å²) < 4.78 is 0. The highest BCUT2D eigenvalue weighted by Crippen LogP contribution is 2.48. The van der Waals surface area contributed by atoms with Crippen LogP contribution in [-0.2, 0) is 0 Å². The molecule has 0 saturated heterocycles. The van der Waals surface area contributed by atoms with E-state index in [1.807, 2.05) is 0 Å². The average Bonchev–Trinajstić information content (AvgIpc) is 2.58. The normalized spacial score (nSPS) is 13.7. The van der Waals surface area contributed by atoms with E-state index >= 15 is 0 Å². The third-order valence-electron chi connectivity index (χ3n) is 5.67. The fraction of sp³-hybridized carbons (Fsp3) is 0.538. The van der Waals surface area contributed by atoms with E-state index < -0.39 is 0 Å². The van der Waals surface area contributed by atoms with Gasteiger partial charge in [-0.3, -0.25) is 0 Å². The summed E-state index contributed by atoms with van der Waals surface area (Å²) in [5.41, 5.74) is 7.45. The van der Waals surface area contributed by atoms with Gasteiger partial charge in [0.2, 0.25) is 0 Å². The lowest BCUT2D eigenvalue weighted by Gasteiger charge is -2.32. The SMILES string of the molecule is CC(C)c1cc(C(C)C)c(-c2ccccc2P(C)C(C)(C)C)c(C(C)C)c1. The van der Waals surface area contributed by atoms with Crippen molar-refractivity contribution in [1.29, 1.82) is 0 Å². The lowest BCUT2D eigenvalue weighted by molar-refractivity contribution is 0.791. The van der Waals surface area contributed by atoms with Crippen molar-refractivity contribution in [2.45, 2.75) is 85.2 Å². The smallest absolute Gasteiger partial charge is 0.0101 e. The largest absolute Gasteiger partial charge is 0.0723 e. The van der Waals surface area contributed by atoms with Gasteiger partial charge < -0.3 is 0 Å². The van der Waals surface area contributed by atoms with Crippen LogP contribution in [0, 0.1) is 0 Å². The van der Waals surface area contributed by atoms with Crippen LogP contribution < -0.4 is 5.30 Å². The summed E-state index contributed by atoms with van der Waals surface area (Å²) in [6.07, 6.45) is 0. The van der Waals surface area contributed by atoms with Crippen LogP contribution in [0.2, 0.25) is 0 Å². The van der Waals surface area contributed by atoms with Gasteiger partial charge in [0.15, 0.2) is 0 Å². The van der Waals surface area contributed by atoms with Gasteiger partial charge in [-0.2, -0.15) is 0 Å². The quantitative estimate of drug-likeness (QED) is 0.457. The molecule has 0 nitrogen and oxygen atoms in total. The standard InChI is InChI=1S/C26H39P/c1-17(2)20-15-22(18(3)4)25(23(16-20)19(5)6)21-13-11-12-14-24(21)27(10)26(7,8)9/h11-19H,1-10H3. The average molecular weight is 383 g/mol. The fourth-order valence-electron chi connectivity index (χ4n) is 3.61. The van der Waals surface area contributed by atoms with Crippen molar-refractivity contribution in [2.75, 3.05) is 6.66 Å². The van der Waals surface area contributed by atoms with Gasteiger partial charge in [-0.1, -0.05) is 107 Å². The molecule has 2 aromatic carbocycles. The molecule has 148 valence electrons. The first-order chi connectivity index (χ1) is 12.4. The van der Waals surface area contributed by atoms with Crippen LogP contribution in [0.5, 0.6) is 0 Å². The van der Waals surface area contributed by atoms with Gasteiger partial charge in [0.25, 0.3) is 0 Å². The maximum Gasteiger partial charge on any atom is -0.0101 e. The Balaban J connectivity index is 2.87. The maximum absolute atomic E-state index is 2.47. The van der Waals surface area contributed by atoms with Crippen LogP contribution >= 0.6 is 7.92 Å². The van der Waals surface area contributed by atoms with Crippen molar-refractivity contribution in [2.24, 2.45) is 0 Å². The predicted octanol–water partition coefficient (Wildman–Crippen LogP) is 8.26. The van der Waals surface area contributed by atoms with Crippen LogP contribution in [0.4, 0.5) is 0 Å². The molecule has 0 amide bonds. The number of hydrogen-bond donors (Lipinski definition) is 0. The molecule has 1 unspecified atom stereocenters. The highest BCUT2D eigenvalue weighted by molar-refractivity contribution is 7.66. The van der Waals surface area contributed by atoms with E-state index in [9.17, 15) is 0 Å². The van der Waals surface area contributed by atoms with Gasteiger partial charge in [0, 0.05) is 0 Å². The topological polar surface area (TPSA) is 0 Å². The summed E-state index contributed by atoms with van der Waals surface area (Å²) >= 11 is 0. The van der Waals surface area contributed by atoms with E-state index in [0.29, 0.717) is 22.9 Å². The molecular weight excluding hydrogens is 343 g/mol. The maximum atomic E-state index is 2.47. The van der Waals surface area contributed by atoms with Crippen LogP contribution in [0.3, 0.4) is 0 Å². The van der Waals surface area contributed by atoms with Crippen molar-refractivity contribution in [3.05, 3.63) is 53.1 Å². The summed E-state index contributed by atoms with van der Waals surface area (Å²) in [4.78, 5) is 0.